The quantitative estimate of drug-likeness (QED) is 0.447. The van der Waals surface area contributed by atoms with Gasteiger partial charge >= 0.3 is 0 Å². The summed E-state index contributed by atoms with van der Waals surface area (Å²) in [5.74, 6) is 0. The molecule has 1 nitrogen and oxygen atoms in total. The molecule has 0 spiro atoms. The van der Waals surface area contributed by atoms with Crippen molar-refractivity contribution in [2.75, 3.05) is 0 Å². The predicted octanol–water partition coefficient (Wildman–Crippen LogP) is 2.22. The van der Waals surface area contributed by atoms with Crippen molar-refractivity contribution in [2.45, 2.75) is 19.3 Å². The van der Waals surface area contributed by atoms with Gasteiger partial charge in [-0.1, -0.05) is 0 Å². The third-order valence-electron chi connectivity index (χ3n) is 1.89. The lowest BCUT2D eigenvalue weighted by Gasteiger charge is -1.90. The maximum Gasteiger partial charge on any atom is 0.0442 e. The van der Waals surface area contributed by atoms with Crippen molar-refractivity contribution in [1.29, 1.82) is 0 Å². The van der Waals surface area contributed by atoms with Crippen LogP contribution in [0.25, 0.3) is 0 Å². The van der Waals surface area contributed by atoms with E-state index < -0.39 is 0 Å². The van der Waals surface area contributed by atoms with Crippen LogP contribution in [0.5, 0.6) is 0 Å². The van der Waals surface area contributed by atoms with E-state index in [4.69, 9.17) is 0 Å². The Kier molecular flexibility index (Phi) is 1.30. The standard InChI is InChI=1S/C9H9N/c1-2-7-10-9-6-3-5-8(9)4-1/h2,4,7H,3,5-6H2. The second-order valence-corrected chi connectivity index (χ2v) is 2.58. The normalized spacial score (nSPS) is 21.6. The highest BCUT2D eigenvalue weighted by atomic mass is 14.7. The highest BCUT2D eigenvalue weighted by Gasteiger charge is 2.10. The zero-order valence-electron chi connectivity index (χ0n) is 5.80. The van der Waals surface area contributed by atoms with Crippen LogP contribution in [0.4, 0.5) is 0 Å². The highest BCUT2D eigenvalue weighted by Crippen LogP contribution is 2.27. The molecule has 10 heavy (non-hydrogen) atoms. The van der Waals surface area contributed by atoms with Crippen LogP contribution in [0.1, 0.15) is 19.3 Å². The zero-order chi connectivity index (χ0) is 6.81. The van der Waals surface area contributed by atoms with Crippen LogP contribution in [-0.4, -0.2) is 6.21 Å². The summed E-state index contributed by atoms with van der Waals surface area (Å²) in [6.07, 6.45) is 9.34. The molecule has 0 radical (unpaired) electrons. The van der Waals surface area contributed by atoms with Crippen molar-refractivity contribution in [2.24, 2.45) is 4.99 Å². The summed E-state index contributed by atoms with van der Waals surface area (Å²) in [4.78, 5) is 4.29. The van der Waals surface area contributed by atoms with E-state index in [1.807, 2.05) is 12.3 Å². The van der Waals surface area contributed by atoms with Gasteiger partial charge in [0.15, 0.2) is 0 Å². The molecular weight excluding hydrogens is 122 g/mol. The van der Waals surface area contributed by atoms with Crippen LogP contribution >= 0.6 is 0 Å². The Balaban J connectivity index is 2.44. The Morgan fingerprint density at radius 2 is 2.40 bits per heavy atom. The fraction of sp³-hybridized carbons (Fsp3) is 0.333. The monoisotopic (exact) mass is 131 g/mol. The van der Waals surface area contributed by atoms with Gasteiger partial charge < -0.3 is 0 Å². The lowest BCUT2D eigenvalue weighted by molar-refractivity contribution is 0.894. The summed E-state index contributed by atoms with van der Waals surface area (Å²) in [6, 6.07) is 0. The maximum absolute atomic E-state index is 4.29. The van der Waals surface area contributed by atoms with Gasteiger partial charge in [0, 0.05) is 11.9 Å². The molecule has 0 atom stereocenters. The first kappa shape index (κ1) is 5.70. The molecule has 0 aromatic rings. The van der Waals surface area contributed by atoms with Crippen molar-refractivity contribution >= 4 is 6.21 Å². The van der Waals surface area contributed by atoms with Crippen molar-refractivity contribution in [1.82, 2.24) is 0 Å². The van der Waals surface area contributed by atoms with Gasteiger partial charge in [0.25, 0.3) is 0 Å². The Morgan fingerprint density at radius 1 is 1.40 bits per heavy atom. The predicted molar refractivity (Wildman–Crippen MR) is 42.0 cm³/mol. The van der Waals surface area contributed by atoms with Gasteiger partial charge in [-0.25, -0.2) is 0 Å². The zero-order valence-corrected chi connectivity index (χ0v) is 5.80. The van der Waals surface area contributed by atoms with E-state index in [1.165, 1.54) is 24.1 Å². The van der Waals surface area contributed by atoms with E-state index in [0.29, 0.717) is 0 Å². The molecule has 0 saturated carbocycles. The van der Waals surface area contributed by atoms with Crippen molar-refractivity contribution in [3.63, 3.8) is 0 Å². The van der Waals surface area contributed by atoms with Crippen LogP contribution in [0, 0.1) is 0 Å². The largest absolute Gasteiger partial charge is 0.260 e. The maximum atomic E-state index is 4.29. The molecule has 1 aliphatic heterocycles. The van der Waals surface area contributed by atoms with Gasteiger partial charge in [-0.05, 0) is 37.0 Å². The molecule has 0 fully saturated rings. The summed E-state index contributed by atoms with van der Waals surface area (Å²) in [6.45, 7) is 0. The van der Waals surface area contributed by atoms with Crippen molar-refractivity contribution in [3.05, 3.63) is 29.2 Å². The highest BCUT2D eigenvalue weighted by molar-refractivity contribution is 5.73. The van der Waals surface area contributed by atoms with E-state index >= 15 is 0 Å². The van der Waals surface area contributed by atoms with Gasteiger partial charge in [0.2, 0.25) is 0 Å². The number of allylic oxidation sites excluding steroid dienone is 3. The van der Waals surface area contributed by atoms with Crippen LogP contribution in [-0.2, 0) is 0 Å². The Bertz CT molecular complexity index is 262. The number of hydrogen-bond acceptors (Lipinski definition) is 1. The SMILES string of the molecule is C1=CC=NC2=C(C=1)CCC2. The Morgan fingerprint density at radius 3 is 3.40 bits per heavy atom. The molecule has 2 aliphatic rings. The summed E-state index contributed by atoms with van der Waals surface area (Å²) in [5, 5.41) is 0. The minimum atomic E-state index is 1.15. The topological polar surface area (TPSA) is 12.4 Å². The first-order valence-corrected chi connectivity index (χ1v) is 3.64. The van der Waals surface area contributed by atoms with Crippen LogP contribution in [0.15, 0.2) is 34.1 Å². The van der Waals surface area contributed by atoms with Crippen molar-refractivity contribution in [3.8, 4) is 0 Å². The Hall–Kier alpha value is -1.07. The molecule has 0 N–H and O–H groups in total. The number of aliphatic imine (C=N–C) groups is 1. The number of nitrogens with zero attached hydrogens (tertiary/aromatic N) is 1. The molecule has 0 unspecified atom stereocenters. The molecule has 50 valence electrons. The molecule has 1 aliphatic carbocycles. The third kappa shape index (κ3) is 0.850. The molecule has 0 amide bonds. The van der Waals surface area contributed by atoms with Gasteiger partial charge in [0.1, 0.15) is 0 Å². The molecule has 0 saturated heterocycles. The molecular formula is C9H9N. The third-order valence-corrected chi connectivity index (χ3v) is 1.89. The van der Waals surface area contributed by atoms with E-state index in [2.05, 4.69) is 16.8 Å². The lowest BCUT2D eigenvalue weighted by Crippen LogP contribution is -1.73. The van der Waals surface area contributed by atoms with Crippen LogP contribution in [0.3, 0.4) is 0 Å². The average molecular weight is 131 g/mol. The Labute approximate surface area is 60.5 Å². The molecule has 0 bridgehead atoms. The summed E-state index contributed by atoms with van der Waals surface area (Å²) < 4.78 is 0. The van der Waals surface area contributed by atoms with Gasteiger partial charge in [-0.15, -0.1) is 5.73 Å². The van der Waals surface area contributed by atoms with Crippen LogP contribution in [0.2, 0.25) is 0 Å². The van der Waals surface area contributed by atoms with E-state index in [1.54, 1.807) is 0 Å². The van der Waals surface area contributed by atoms with Crippen molar-refractivity contribution < 1.29 is 0 Å². The fourth-order valence-corrected chi connectivity index (χ4v) is 1.37. The van der Waals surface area contributed by atoms with E-state index in [-0.39, 0.29) is 0 Å². The molecule has 1 heteroatoms. The average Bonchev–Trinajstić information content (AvgIpc) is 2.28. The van der Waals surface area contributed by atoms with E-state index in [0.717, 1.165) is 6.42 Å². The summed E-state index contributed by atoms with van der Waals surface area (Å²) in [7, 11) is 0. The minimum Gasteiger partial charge on any atom is -0.260 e. The van der Waals surface area contributed by atoms with Crippen LogP contribution < -0.4 is 0 Å². The first-order valence-electron chi connectivity index (χ1n) is 3.64. The molecule has 1 heterocycles. The summed E-state index contributed by atoms with van der Waals surface area (Å²) >= 11 is 0. The fourth-order valence-electron chi connectivity index (χ4n) is 1.37. The number of hydrogen-bond donors (Lipinski definition) is 0. The number of rotatable bonds is 0. The minimum absolute atomic E-state index is 1.15. The van der Waals surface area contributed by atoms with E-state index in [9.17, 15) is 0 Å². The first-order chi connectivity index (χ1) is 4.97. The van der Waals surface area contributed by atoms with Gasteiger partial charge in [-0.3, -0.25) is 4.99 Å². The molecule has 0 aromatic carbocycles. The second kappa shape index (κ2) is 2.28. The van der Waals surface area contributed by atoms with Gasteiger partial charge in [0.05, 0.1) is 0 Å². The van der Waals surface area contributed by atoms with Gasteiger partial charge in [-0.2, -0.15) is 0 Å². The molecule has 2 rings (SSSR count). The molecule has 0 aromatic heterocycles. The summed E-state index contributed by atoms with van der Waals surface area (Å²) in [5.41, 5.74) is 5.71. The smallest absolute Gasteiger partial charge is 0.0442 e. The lowest BCUT2D eigenvalue weighted by atomic mass is 10.2. The second-order valence-electron chi connectivity index (χ2n) is 2.58.